The van der Waals surface area contributed by atoms with Crippen LogP contribution in [0.25, 0.3) is 0 Å². The van der Waals surface area contributed by atoms with Crippen LogP contribution in [0.2, 0.25) is 0 Å². The Labute approximate surface area is 132 Å². The van der Waals surface area contributed by atoms with Gasteiger partial charge in [0.1, 0.15) is 0 Å². The van der Waals surface area contributed by atoms with Gasteiger partial charge in [-0.3, -0.25) is 4.72 Å². The van der Waals surface area contributed by atoms with E-state index < -0.39 is 27.6 Å². The number of ether oxygens (including phenoxy) is 1. The van der Waals surface area contributed by atoms with Gasteiger partial charge in [-0.1, -0.05) is 6.07 Å². The standard InChI is InChI=1S/C15H13F2NO4S/c1-9-3-4-10(15(19)22-2)7-14(9)23(20,21)18-11-5-6-12(16)13(17)8-11/h3-8,18H,1-2H3. The first kappa shape index (κ1) is 16.9. The predicted molar refractivity (Wildman–Crippen MR) is 79.7 cm³/mol. The number of carbonyl (C=O) groups excluding carboxylic acids is 1. The van der Waals surface area contributed by atoms with Crippen molar-refractivity contribution in [3.8, 4) is 0 Å². The maximum absolute atomic E-state index is 13.2. The second-order valence-corrected chi connectivity index (χ2v) is 6.36. The summed E-state index contributed by atoms with van der Waals surface area (Å²) in [6.07, 6.45) is 0. The summed E-state index contributed by atoms with van der Waals surface area (Å²) in [7, 11) is -2.91. The van der Waals surface area contributed by atoms with Crippen LogP contribution >= 0.6 is 0 Å². The van der Waals surface area contributed by atoms with E-state index in [-0.39, 0.29) is 16.1 Å². The fraction of sp³-hybridized carbons (Fsp3) is 0.133. The van der Waals surface area contributed by atoms with Gasteiger partial charge in [-0.2, -0.15) is 0 Å². The van der Waals surface area contributed by atoms with Crippen molar-refractivity contribution in [3.05, 3.63) is 59.2 Å². The highest BCUT2D eigenvalue weighted by atomic mass is 32.2. The van der Waals surface area contributed by atoms with Gasteiger partial charge in [0.15, 0.2) is 11.6 Å². The van der Waals surface area contributed by atoms with E-state index in [1.165, 1.54) is 19.2 Å². The van der Waals surface area contributed by atoms with Gasteiger partial charge in [0.2, 0.25) is 0 Å². The Balaban J connectivity index is 2.42. The van der Waals surface area contributed by atoms with Crippen LogP contribution < -0.4 is 4.72 Å². The van der Waals surface area contributed by atoms with Crippen LogP contribution in [0.4, 0.5) is 14.5 Å². The molecule has 8 heteroatoms. The van der Waals surface area contributed by atoms with Crippen molar-refractivity contribution >= 4 is 21.7 Å². The molecule has 0 saturated carbocycles. The lowest BCUT2D eigenvalue weighted by Crippen LogP contribution is -2.15. The lowest BCUT2D eigenvalue weighted by molar-refractivity contribution is 0.0600. The van der Waals surface area contributed by atoms with E-state index in [0.717, 1.165) is 24.3 Å². The Morgan fingerprint density at radius 2 is 1.78 bits per heavy atom. The van der Waals surface area contributed by atoms with Gasteiger partial charge >= 0.3 is 5.97 Å². The molecule has 5 nitrogen and oxygen atoms in total. The number of hydrogen-bond acceptors (Lipinski definition) is 4. The number of hydrogen-bond donors (Lipinski definition) is 1. The summed E-state index contributed by atoms with van der Waals surface area (Å²) < 4.78 is 57.6. The second-order valence-electron chi connectivity index (χ2n) is 4.71. The van der Waals surface area contributed by atoms with Crippen LogP contribution in [0.15, 0.2) is 41.3 Å². The van der Waals surface area contributed by atoms with Gasteiger partial charge in [-0.15, -0.1) is 0 Å². The molecule has 1 N–H and O–H groups in total. The fourth-order valence-electron chi connectivity index (χ4n) is 1.90. The molecule has 0 spiro atoms. The maximum atomic E-state index is 13.2. The molecule has 0 aliphatic rings. The van der Waals surface area contributed by atoms with E-state index >= 15 is 0 Å². The number of methoxy groups -OCH3 is 1. The van der Waals surface area contributed by atoms with Crippen LogP contribution in [0.3, 0.4) is 0 Å². The molecule has 122 valence electrons. The first-order chi connectivity index (χ1) is 10.7. The van der Waals surface area contributed by atoms with Gasteiger partial charge in [0.25, 0.3) is 10.0 Å². The average molecular weight is 341 g/mol. The highest BCUT2D eigenvalue weighted by Crippen LogP contribution is 2.22. The second kappa shape index (κ2) is 6.33. The summed E-state index contributed by atoms with van der Waals surface area (Å²) in [6, 6.07) is 6.67. The molecule has 0 fully saturated rings. The smallest absolute Gasteiger partial charge is 0.337 e. The summed E-state index contributed by atoms with van der Waals surface area (Å²) >= 11 is 0. The van der Waals surface area contributed by atoms with E-state index in [9.17, 15) is 22.0 Å². The zero-order valence-electron chi connectivity index (χ0n) is 12.3. The average Bonchev–Trinajstić information content (AvgIpc) is 2.50. The minimum absolute atomic E-state index is 0.0590. The van der Waals surface area contributed by atoms with Crippen LogP contribution in [-0.4, -0.2) is 21.5 Å². The summed E-state index contributed by atoms with van der Waals surface area (Å²) in [5, 5.41) is 0. The third-order valence-corrected chi connectivity index (χ3v) is 4.59. The van der Waals surface area contributed by atoms with E-state index in [4.69, 9.17) is 0 Å². The van der Waals surface area contributed by atoms with Crippen LogP contribution in [0, 0.1) is 18.6 Å². The normalized spacial score (nSPS) is 11.1. The number of carbonyl (C=O) groups is 1. The zero-order chi connectivity index (χ0) is 17.2. The van der Waals surface area contributed by atoms with Crippen molar-refractivity contribution in [1.82, 2.24) is 0 Å². The SMILES string of the molecule is COC(=O)c1ccc(C)c(S(=O)(=O)Nc2ccc(F)c(F)c2)c1. The van der Waals surface area contributed by atoms with Crippen molar-refractivity contribution in [2.75, 3.05) is 11.8 Å². The van der Waals surface area contributed by atoms with Gasteiger partial charge < -0.3 is 4.74 Å². The Kier molecular flexibility index (Phi) is 4.65. The van der Waals surface area contributed by atoms with Crippen molar-refractivity contribution in [2.24, 2.45) is 0 Å². The molecule has 0 unspecified atom stereocenters. The molecule has 0 aliphatic heterocycles. The van der Waals surface area contributed by atoms with Gasteiger partial charge in [0.05, 0.1) is 23.3 Å². The van der Waals surface area contributed by atoms with Crippen LogP contribution in [0.1, 0.15) is 15.9 Å². The summed E-state index contributed by atoms with van der Waals surface area (Å²) in [6.45, 7) is 1.54. The van der Waals surface area contributed by atoms with E-state index in [0.29, 0.717) is 5.56 Å². The first-order valence-corrected chi connectivity index (χ1v) is 7.90. The Bertz CT molecular complexity index is 866. The van der Waals surface area contributed by atoms with Crippen LogP contribution in [-0.2, 0) is 14.8 Å². The minimum Gasteiger partial charge on any atom is -0.465 e. The molecule has 2 rings (SSSR count). The molecule has 0 aromatic heterocycles. The van der Waals surface area contributed by atoms with E-state index in [1.807, 2.05) is 0 Å². The number of nitrogens with one attached hydrogen (secondary N) is 1. The van der Waals surface area contributed by atoms with Crippen LogP contribution in [0.5, 0.6) is 0 Å². The molecule has 0 bridgehead atoms. The molecule has 23 heavy (non-hydrogen) atoms. The molecule has 0 atom stereocenters. The van der Waals surface area contributed by atoms with Gasteiger partial charge in [-0.25, -0.2) is 22.0 Å². The summed E-state index contributed by atoms with van der Waals surface area (Å²) in [5.74, 6) is -2.95. The predicted octanol–water partition coefficient (Wildman–Crippen LogP) is 2.86. The number of rotatable bonds is 4. The van der Waals surface area contributed by atoms with Gasteiger partial charge in [0, 0.05) is 6.07 Å². The molecule has 0 aliphatic carbocycles. The van der Waals surface area contributed by atoms with E-state index in [2.05, 4.69) is 9.46 Å². The molecular weight excluding hydrogens is 328 g/mol. The number of esters is 1. The minimum atomic E-state index is -4.08. The Hall–Kier alpha value is -2.48. The quantitative estimate of drug-likeness (QED) is 0.868. The molecule has 0 radical (unpaired) electrons. The highest BCUT2D eigenvalue weighted by Gasteiger charge is 2.20. The molecular formula is C15H13F2NO4S. The number of benzene rings is 2. The fourth-order valence-corrected chi connectivity index (χ4v) is 3.23. The largest absolute Gasteiger partial charge is 0.465 e. The lowest BCUT2D eigenvalue weighted by Gasteiger charge is -2.11. The van der Waals surface area contributed by atoms with Crippen molar-refractivity contribution < 1.29 is 26.7 Å². The Morgan fingerprint density at radius 3 is 2.39 bits per heavy atom. The molecule has 0 heterocycles. The molecule has 2 aromatic rings. The summed E-state index contributed by atoms with van der Waals surface area (Å²) in [4.78, 5) is 11.4. The first-order valence-electron chi connectivity index (χ1n) is 6.41. The zero-order valence-corrected chi connectivity index (χ0v) is 13.1. The topological polar surface area (TPSA) is 72.5 Å². The van der Waals surface area contributed by atoms with Crippen molar-refractivity contribution in [2.45, 2.75) is 11.8 Å². The highest BCUT2D eigenvalue weighted by molar-refractivity contribution is 7.92. The third kappa shape index (κ3) is 3.65. The van der Waals surface area contributed by atoms with Gasteiger partial charge in [-0.05, 0) is 36.8 Å². The van der Waals surface area contributed by atoms with Crippen molar-refractivity contribution in [1.29, 1.82) is 0 Å². The number of aryl methyl sites for hydroxylation is 1. The maximum Gasteiger partial charge on any atom is 0.337 e. The molecule has 0 amide bonds. The molecule has 0 saturated heterocycles. The lowest BCUT2D eigenvalue weighted by atomic mass is 10.1. The third-order valence-electron chi connectivity index (χ3n) is 3.07. The molecule has 2 aromatic carbocycles. The van der Waals surface area contributed by atoms with Crippen molar-refractivity contribution in [3.63, 3.8) is 0 Å². The van der Waals surface area contributed by atoms with E-state index in [1.54, 1.807) is 6.92 Å². The Morgan fingerprint density at radius 1 is 1.09 bits per heavy atom. The number of anilines is 1. The number of sulfonamides is 1. The monoisotopic (exact) mass is 341 g/mol. The number of halogens is 2. The summed E-state index contributed by atoms with van der Waals surface area (Å²) in [5.41, 5.74) is 0.309.